The van der Waals surface area contributed by atoms with E-state index in [1.165, 1.54) is 0 Å². The number of carbonyl (C=O) groups is 4. The van der Waals surface area contributed by atoms with Crippen molar-refractivity contribution in [2.75, 3.05) is 12.4 Å². The highest BCUT2D eigenvalue weighted by Gasteiger charge is 2.56. The lowest BCUT2D eigenvalue weighted by molar-refractivity contribution is -0.133. The molecule has 0 saturated heterocycles. The molecule has 1 aromatic carbocycles. The quantitative estimate of drug-likeness (QED) is 0.161. The predicted octanol–water partition coefficient (Wildman–Crippen LogP) is 1.01. The molecule has 1 atom stereocenters. The van der Waals surface area contributed by atoms with E-state index in [4.69, 9.17) is 20.3 Å². The number of allylic oxidation sites excluding steroid dienone is 2. The fourth-order valence-electron chi connectivity index (χ4n) is 4.02. The van der Waals surface area contributed by atoms with Gasteiger partial charge in [-0.05, 0) is 12.1 Å². The number of aromatic hydroxyl groups is 1. The second kappa shape index (κ2) is 7.83. The van der Waals surface area contributed by atoms with Crippen LogP contribution in [0.15, 0.2) is 58.4 Å². The van der Waals surface area contributed by atoms with Crippen LogP contribution < -0.4 is 5.32 Å². The molecule has 2 aliphatic carbocycles. The van der Waals surface area contributed by atoms with E-state index >= 15 is 0 Å². The number of methoxy groups -OCH3 is 1. The van der Waals surface area contributed by atoms with E-state index in [2.05, 4.69) is 5.32 Å². The third-order valence-corrected chi connectivity index (χ3v) is 5.61. The largest absolute Gasteiger partial charge is 0.507 e. The summed E-state index contributed by atoms with van der Waals surface area (Å²) in [6, 6.07) is 2.13. The molecular weight excluding hydrogens is 482 g/mol. The van der Waals surface area contributed by atoms with Crippen LogP contribution in [-0.2, 0) is 29.5 Å². The second-order valence-corrected chi connectivity index (χ2v) is 7.57. The van der Waals surface area contributed by atoms with Gasteiger partial charge in [0.15, 0.2) is 11.5 Å². The lowest BCUT2D eigenvalue weighted by Gasteiger charge is -2.31. The van der Waals surface area contributed by atoms with Crippen molar-refractivity contribution in [1.82, 2.24) is 0 Å². The van der Waals surface area contributed by atoms with Crippen LogP contribution >= 0.6 is 0 Å². The van der Waals surface area contributed by atoms with Crippen molar-refractivity contribution < 1.29 is 54.2 Å². The van der Waals surface area contributed by atoms with Crippen LogP contribution in [0.4, 0.5) is 5.69 Å². The molecular formula is C22H15N3O11. The number of carboxylic acid groups (broad SMARTS) is 2. The first-order valence-electron chi connectivity index (χ1n) is 9.77. The molecule has 3 aliphatic rings. The van der Waals surface area contributed by atoms with Crippen molar-refractivity contribution in [3.05, 3.63) is 69.5 Å². The number of aliphatic hydroxyl groups excluding tert-OH is 2. The number of aliphatic hydroxyl groups is 2. The van der Waals surface area contributed by atoms with Gasteiger partial charge in [0, 0.05) is 12.2 Å². The lowest BCUT2D eigenvalue weighted by Crippen LogP contribution is -2.36. The number of carboxylic acids is 2. The van der Waals surface area contributed by atoms with E-state index in [0.29, 0.717) is 6.08 Å². The first kappa shape index (κ1) is 23.7. The Morgan fingerprint density at radius 3 is 2.25 bits per heavy atom. The fourth-order valence-corrected chi connectivity index (χ4v) is 4.02. The van der Waals surface area contributed by atoms with Crippen molar-refractivity contribution in [3.63, 3.8) is 0 Å². The number of carbonyl (C=O) groups excluding carboxylic acids is 2. The Morgan fingerprint density at radius 2 is 1.67 bits per heavy atom. The molecule has 14 heteroatoms. The molecule has 1 aliphatic heterocycles. The van der Waals surface area contributed by atoms with E-state index in [1.807, 2.05) is 0 Å². The summed E-state index contributed by atoms with van der Waals surface area (Å²) in [5, 5.41) is 68.6. The summed E-state index contributed by atoms with van der Waals surface area (Å²) in [5.74, 6) is -8.89. The van der Waals surface area contributed by atoms with Crippen LogP contribution in [0.2, 0.25) is 0 Å². The highest BCUT2D eigenvalue weighted by Crippen LogP contribution is 2.52. The topological polar surface area (TPSA) is 248 Å². The zero-order chi connectivity index (χ0) is 26.7. The summed E-state index contributed by atoms with van der Waals surface area (Å²) in [5.41, 5.74) is -7.73. The maximum absolute atomic E-state index is 13.0. The number of nitrogens with one attached hydrogen (secondary N) is 3. The van der Waals surface area contributed by atoms with Gasteiger partial charge >= 0.3 is 17.9 Å². The minimum absolute atomic E-state index is 0.244. The van der Waals surface area contributed by atoms with Gasteiger partial charge in [0.05, 0.1) is 29.6 Å². The van der Waals surface area contributed by atoms with Crippen LogP contribution in [0.25, 0.3) is 0 Å². The predicted molar refractivity (Wildman–Crippen MR) is 117 cm³/mol. The molecule has 0 aromatic heterocycles. The number of ether oxygens (including phenoxy) is 2. The molecule has 0 radical (unpaired) electrons. The third kappa shape index (κ3) is 3.12. The Kier molecular flexibility index (Phi) is 5.17. The van der Waals surface area contributed by atoms with E-state index < -0.39 is 91.7 Å². The van der Waals surface area contributed by atoms with Crippen LogP contribution in [0, 0.1) is 10.8 Å². The maximum atomic E-state index is 13.0. The normalized spacial score (nSPS) is 21.2. The number of aliphatic carboxylic acids is 2. The lowest BCUT2D eigenvalue weighted by atomic mass is 9.81. The van der Waals surface area contributed by atoms with E-state index in [1.54, 1.807) is 0 Å². The highest BCUT2D eigenvalue weighted by atomic mass is 16.6. The van der Waals surface area contributed by atoms with Gasteiger partial charge in [-0.3, -0.25) is 15.6 Å². The number of phenolic OH excluding ortho intramolecular Hbond substituents is 1. The van der Waals surface area contributed by atoms with Gasteiger partial charge in [-0.15, -0.1) is 0 Å². The molecule has 0 saturated carbocycles. The number of hydrogen-bond donors (Lipinski definition) is 8. The molecule has 4 rings (SSSR count). The van der Waals surface area contributed by atoms with Gasteiger partial charge in [0.2, 0.25) is 11.4 Å². The molecule has 0 bridgehead atoms. The van der Waals surface area contributed by atoms with Crippen LogP contribution in [0.5, 0.6) is 5.75 Å². The summed E-state index contributed by atoms with van der Waals surface area (Å²) < 4.78 is 10.3. The number of phenols is 1. The molecule has 14 nitrogen and oxygen atoms in total. The first-order chi connectivity index (χ1) is 16.8. The highest BCUT2D eigenvalue weighted by molar-refractivity contribution is 6.54. The summed E-state index contributed by atoms with van der Waals surface area (Å²) >= 11 is 0. The van der Waals surface area contributed by atoms with Crippen molar-refractivity contribution in [1.29, 1.82) is 10.8 Å². The summed E-state index contributed by atoms with van der Waals surface area (Å²) in [6.45, 7) is 0. The minimum atomic E-state index is -2.42. The van der Waals surface area contributed by atoms with E-state index in [-0.39, 0.29) is 5.69 Å². The number of rotatable bonds is 5. The van der Waals surface area contributed by atoms with Gasteiger partial charge in [-0.1, -0.05) is 0 Å². The molecule has 1 heterocycles. The first-order valence-corrected chi connectivity index (χ1v) is 9.77. The van der Waals surface area contributed by atoms with Crippen LogP contribution in [0.1, 0.15) is 15.9 Å². The number of hydrogen-bond acceptors (Lipinski definition) is 12. The average molecular weight is 497 g/mol. The monoisotopic (exact) mass is 497 g/mol. The molecule has 0 unspecified atom stereocenters. The number of esters is 1. The smallest absolute Gasteiger partial charge is 0.342 e. The summed E-state index contributed by atoms with van der Waals surface area (Å²) in [7, 11) is 1.10. The maximum Gasteiger partial charge on any atom is 0.342 e. The zero-order valence-electron chi connectivity index (χ0n) is 18.0. The molecule has 1 aromatic rings. The van der Waals surface area contributed by atoms with Crippen molar-refractivity contribution >= 4 is 40.8 Å². The van der Waals surface area contributed by atoms with Crippen molar-refractivity contribution in [3.8, 4) is 5.75 Å². The SMILES string of the molecule is COC1=C[C@]2(OC(=O)c3c(NC4=CC(=O)C(=N)C(C(=O)O)=C4O)ccc(O)c32)C(O)=C(C(=O)O)C1=N. The molecule has 8 N–H and O–H groups in total. The minimum Gasteiger partial charge on any atom is -0.507 e. The van der Waals surface area contributed by atoms with Gasteiger partial charge < -0.3 is 40.3 Å². The molecule has 1 spiro atoms. The average Bonchev–Trinajstić information content (AvgIpc) is 3.10. The Labute approximate surface area is 199 Å². The summed E-state index contributed by atoms with van der Waals surface area (Å²) in [6.07, 6.45) is 1.64. The summed E-state index contributed by atoms with van der Waals surface area (Å²) in [4.78, 5) is 48.2. The molecule has 0 fully saturated rings. The van der Waals surface area contributed by atoms with Crippen molar-refractivity contribution in [2.45, 2.75) is 5.60 Å². The number of anilines is 1. The standard InChI is InChI=1S/C22H15N3O11/c1-35-10-5-22(18(29)13(16(10)24)20(32)33)14-8(26)3-2-6(11(14)21(34)36-22)25-7-4-9(27)15(23)12(17(7)28)19(30)31/h2-5,23-26,28-29H,1H3,(H,30,31)(H,32,33)/t22-/m1/s1. The van der Waals surface area contributed by atoms with E-state index in [0.717, 1.165) is 25.3 Å². The Hall–Kier alpha value is -5.40. The Bertz CT molecular complexity index is 1480. The molecule has 36 heavy (non-hydrogen) atoms. The molecule has 0 amide bonds. The van der Waals surface area contributed by atoms with Crippen molar-refractivity contribution in [2.24, 2.45) is 0 Å². The number of benzene rings is 1. The van der Waals surface area contributed by atoms with Crippen LogP contribution in [0.3, 0.4) is 0 Å². The van der Waals surface area contributed by atoms with E-state index in [9.17, 15) is 44.7 Å². The Balaban J connectivity index is 1.94. The molecule has 184 valence electrons. The van der Waals surface area contributed by atoms with Gasteiger partial charge in [-0.25, -0.2) is 14.4 Å². The fraction of sp³-hybridized carbons (Fsp3) is 0.0909. The third-order valence-electron chi connectivity index (χ3n) is 5.61. The second-order valence-electron chi connectivity index (χ2n) is 7.57. The van der Waals surface area contributed by atoms with Gasteiger partial charge in [-0.2, -0.15) is 0 Å². The van der Waals surface area contributed by atoms with Gasteiger partial charge in [0.25, 0.3) is 0 Å². The zero-order valence-corrected chi connectivity index (χ0v) is 18.0. The number of ketones is 1. The van der Waals surface area contributed by atoms with Crippen LogP contribution in [-0.4, -0.2) is 67.8 Å². The number of fused-ring (bicyclic) bond motifs is 2. The Morgan fingerprint density at radius 1 is 1.03 bits per heavy atom. The van der Waals surface area contributed by atoms with Gasteiger partial charge in [0.1, 0.15) is 34.1 Å².